The molecule has 27 heavy (non-hydrogen) atoms. The number of hydrogen-bond donors (Lipinski definition) is 1. The number of carbonyl (C=O) groups is 2. The summed E-state index contributed by atoms with van der Waals surface area (Å²) in [5.41, 5.74) is -0.157. The number of carbonyl (C=O) groups excluding carboxylic acids is 2. The molecule has 0 spiro atoms. The van der Waals surface area contributed by atoms with E-state index in [0.29, 0.717) is 30.3 Å². The molecule has 142 valence electrons. The van der Waals surface area contributed by atoms with Crippen molar-refractivity contribution in [3.8, 4) is 11.5 Å². The fourth-order valence-electron chi connectivity index (χ4n) is 2.55. The summed E-state index contributed by atoms with van der Waals surface area (Å²) in [6.45, 7) is 0.852. The minimum Gasteiger partial charge on any atom is -0.486 e. The van der Waals surface area contributed by atoms with Gasteiger partial charge in [0.2, 0.25) is 5.91 Å². The van der Waals surface area contributed by atoms with E-state index >= 15 is 0 Å². The second-order valence-electron chi connectivity index (χ2n) is 5.90. The molecule has 0 radical (unpaired) electrons. The number of rotatable bonds is 5. The Morgan fingerprint density at radius 2 is 1.59 bits per heavy atom. The van der Waals surface area contributed by atoms with Crippen molar-refractivity contribution in [1.82, 2.24) is 0 Å². The second kappa shape index (κ2) is 7.69. The third kappa shape index (κ3) is 4.78. The lowest BCUT2D eigenvalue weighted by molar-refractivity contribution is -0.137. The van der Waals surface area contributed by atoms with E-state index in [9.17, 15) is 22.8 Å². The Labute approximate surface area is 153 Å². The molecule has 1 N–H and O–H groups in total. The van der Waals surface area contributed by atoms with Crippen molar-refractivity contribution in [2.24, 2.45) is 0 Å². The van der Waals surface area contributed by atoms with Crippen LogP contribution in [0.3, 0.4) is 0 Å². The molecule has 0 saturated heterocycles. The number of amides is 1. The quantitative estimate of drug-likeness (QED) is 0.796. The lowest BCUT2D eigenvalue weighted by Crippen LogP contribution is -2.16. The Morgan fingerprint density at radius 1 is 0.926 bits per heavy atom. The minimum atomic E-state index is -4.43. The van der Waals surface area contributed by atoms with E-state index in [1.807, 2.05) is 0 Å². The molecule has 3 rings (SSSR count). The zero-order chi connectivity index (χ0) is 19.4. The number of ketones is 1. The third-order valence-electron chi connectivity index (χ3n) is 3.94. The number of nitrogens with one attached hydrogen (secondary N) is 1. The molecule has 2 aromatic carbocycles. The number of alkyl halides is 3. The van der Waals surface area contributed by atoms with Crippen LogP contribution >= 0.6 is 0 Å². The first-order valence-electron chi connectivity index (χ1n) is 8.23. The number of hydrogen-bond acceptors (Lipinski definition) is 4. The minimum absolute atomic E-state index is 0.0356. The molecule has 5 nitrogen and oxygen atoms in total. The number of halogens is 3. The average Bonchev–Trinajstić information content (AvgIpc) is 2.65. The number of anilines is 1. The van der Waals surface area contributed by atoms with E-state index in [1.54, 1.807) is 18.2 Å². The standard InChI is InChI=1S/C19H16F3NO4/c20-19(21,22)13-2-4-14(5-3-13)23-18(25)8-6-15(24)12-1-7-16-17(11-12)27-10-9-26-16/h1-5,7,11H,6,8-10H2,(H,23,25). The second-order valence-corrected chi connectivity index (χ2v) is 5.90. The Hall–Kier alpha value is -3.03. The molecule has 0 atom stereocenters. The van der Waals surface area contributed by atoms with Crippen molar-refractivity contribution in [2.45, 2.75) is 19.0 Å². The molecule has 0 aliphatic carbocycles. The van der Waals surface area contributed by atoms with Gasteiger partial charge in [-0.25, -0.2) is 0 Å². The van der Waals surface area contributed by atoms with Crippen LogP contribution in [0.25, 0.3) is 0 Å². The monoisotopic (exact) mass is 379 g/mol. The van der Waals surface area contributed by atoms with Crippen LogP contribution in [0, 0.1) is 0 Å². The predicted molar refractivity (Wildman–Crippen MR) is 91.1 cm³/mol. The van der Waals surface area contributed by atoms with Gasteiger partial charge in [0.1, 0.15) is 13.2 Å². The van der Waals surface area contributed by atoms with Crippen LogP contribution in [0.1, 0.15) is 28.8 Å². The van der Waals surface area contributed by atoms with Gasteiger partial charge in [0.05, 0.1) is 5.56 Å². The van der Waals surface area contributed by atoms with Crippen molar-refractivity contribution in [3.05, 3.63) is 53.6 Å². The van der Waals surface area contributed by atoms with Gasteiger partial charge in [-0.05, 0) is 42.5 Å². The van der Waals surface area contributed by atoms with Crippen LogP contribution in [0.5, 0.6) is 11.5 Å². The molecule has 2 aromatic rings. The van der Waals surface area contributed by atoms with E-state index < -0.39 is 17.6 Å². The maximum Gasteiger partial charge on any atom is 0.416 e. The van der Waals surface area contributed by atoms with Gasteiger partial charge in [-0.15, -0.1) is 0 Å². The average molecular weight is 379 g/mol. The van der Waals surface area contributed by atoms with Crippen molar-refractivity contribution < 1.29 is 32.2 Å². The Balaban J connectivity index is 1.53. The fourth-order valence-corrected chi connectivity index (χ4v) is 2.55. The van der Waals surface area contributed by atoms with Crippen molar-refractivity contribution >= 4 is 17.4 Å². The summed E-state index contributed by atoms with van der Waals surface area (Å²) in [6.07, 6.45) is -4.56. The molecule has 0 unspecified atom stereocenters. The summed E-state index contributed by atoms with van der Waals surface area (Å²) in [7, 11) is 0. The van der Waals surface area contributed by atoms with Crippen molar-refractivity contribution in [1.29, 1.82) is 0 Å². The highest BCUT2D eigenvalue weighted by Gasteiger charge is 2.30. The Bertz CT molecular complexity index is 847. The normalized spacial score (nSPS) is 13.1. The van der Waals surface area contributed by atoms with Crippen LogP contribution in [0.2, 0.25) is 0 Å². The summed E-state index contributed by atoms with van der Waals surface area (Å²) in [6, 6.07) is 8.93. The van der Waals surface area contributed by atoms with Gasteiger partial charge in [0.25, 0.3) is 0 Å². The summed E-state index contributed by atoms with van der Waals surface area (Å²) >= 11 is 0. The lowest BCUT2D eigenvalue weighted by Gasteiger charge is -2.18. The molecule has 1 aliphatic heterocycles. The first kappa shape index (κ1) is 18.8. The third-order valence-corrected chi connectivity index (χ3v) is 3.94. The highest BCUT2D eigenvalue weighted by molar-refractivity contribution is 6.00. The van der Waals surface area contributed by atoms with Gasteiger partial charge in [-0.2, -0.15) is 13.2 Å². The van der Waals surface area contributed by atoms with Crippen LogP contribution in [0.4, 0.5) is 18.9 Å². The topological polar surface area (TPSA) is 64.6 Å². The summed E-state index contributed by atoms with van der Waals surface area (Å²) in [5, 5.41) is 2.47. The van der Waals surface area contributed by atoms with Crippen LogP contribution in [-0.2, 0) is 11.0 Å². The molecule has 1 aliphatic rings. The summed E-state index contributed by atoms with van der Waals surface area (Å²) in [4.78, 5) is 24.2. The zero-order valence-corrected chi connectivity index (χ0v) is 14.1. The van der Waals surface area contributed by atoms with Gasteiger partial charge in [0, 0.05) is 24.1 Å². The number of benzene rings is 2. The summed E-state index contributed by atoms with van der Waals surface area (Å²) in [5.74, 6) is 0.356. The fraction of sp³-hybridized carbons (Fsp3) is 0.263. The van der Waals surface area contributed by atoms with Gasteiger partial charge in [-0.3, -0.25) is 9.59 Å². The van der Waals surface area contributed by atoms with E-state index in [4.69, 9.17) is 9.47 Å². The smallest absolute Gasteiger partial charge is 0.416 e. The molecule has 0 aromatic heterocycles. The molecule has 1 amide bonds. The molecular formula is C19H16F3NO4. The highest BCUT2D eigenvalue weighted by Crippen LogP contribution is 2.31. The molecule has 0 bridgehead atoms. The zero-order valence-electron chi connectivity index (χ0n) is 14.1. The van der Waals surface area contributed by atoms with Crippen molar-refractivity contribution in [3.63, 3.8) is 0 Å². The number of Topliss-reactive ketones (excluding diaryl/α,β-unsaturated/α-hetero) is 1. The Morgan fingerprint density at radius 3 is 2.26 bits per heavy atom. The molecule has 0 saturated carbocycles. The summed E-state index contributed by atoms with van der Waals surface area (Å²) < 4.78 is 48.3. The first-order chi connectivity index (χ1) is 12.8. The van der Waals surface area contributed by atoms with Crippen molar-refractivity contribution in [2.75, 3.05) is 18.5 Å². The maximum atomic E-state index is 12.5. The molecule has 1 heterocycles. The van der Waals surface area contributed by atoms with Crippen LogP contribution in [-0.4, -0.2) is 24.9 Å². The van der Waals surface area contributed by atoms with E-state index in [1.165, 1.54) is 12.1 Å². The SMILES string of the molecule is O=C(CCC(=O)c1ccc2c(c1)OCCO2)Nc1ccc(C(F)(F)F)cc1. The Kier molecular flexibility index (Phi) is 5.34. The number of fused-ring (bicyclic) bond motifs is 1. The molecular weight excluding hydrogens is 363 g/mol. The predicted octanol–water partition coefficient (Wildman–Crippen LogP) is 4.08. The maximum absolute atomic E-state index is 12.5. The number of ether oxygens (including phenoxy) is 2. The van der Waals surface area contributed by atoms with Gasteiger partial charge in [-0.1, -0.05) is 0 Å². The van der Waals surface area contributed by atoms with E-state index in [-0.39, 0.29) is 24.3 Å². The van der Waals surface area contributed by atoms with E-state index in [2.05, 4.69) is 5.32 Å². The van der Waals surface area contributed by atoms with Crippen LogP contribution in [0.15, 0.2) is 42.5 Å². The van der Waals surface area contributed by atoms with Gasteiger partial charge >= 0.3 is 6.18 Å². The lowest BCUT2D eigenvalue weighted by atomic mass is 10.1. The highest BCUT2D eigenvalue weighted by atomic mass is 19.4. The first-order valence-corrected chi connectivity index (χ1v) is 8.23. The van der Waals surface area contributed by atoms with Gasteiger partial charge in [0.15, 0.2) is 17.3 Å². The largest absolute Gasteiger partial charge is 0.486 e. The van der Waals surface area contributed by atoms with E-state index in [0.717, 1.165) is 12.1 Å². The molecule has 0 fully saturated rings. The van der Waals surface area contributed by atoms with Gasteiger partial charge < -0.3 is 14.8 Å². The van der Waals surface area contributed by atoms with Crippen LogP contribution < -0.4 is 14.8 Å². The molecule has 8 heteroatoms.